The zero-order valence-corrected chi connectivity index (χ0v) is 11.5. The first-order chi connectivity index (χ1) is 9.74. The summed E-state index contributed by atoms with van der Waals surface area (Å²) in [5.74, 6) is 0.0686. The van der Waals surface area contributed by atoms with Gasteiger partial charge in [0, 0.05) is 13.1 Å². The van der Waals surface area contributed by atoms with Crippen LogP contribution in [-0.4, -0.2) is 12.5 Å². The van der Waals surface area contributed by atoms with Gasteiger partial charge in [0.2, 0.25) is 5.91 Å². The molecule has 0 unspecified atom stereocenters. The Morgan fingerprint density at radius 2 is 1.80 bits per heavy atom. The summed E-state index contributed by atoms with van der Waals surface area (Å²) in [7, 11) is 0. The van der Waals surface area contributed by atoms with E-state index < -0.39 is 0 Å². The van der Waals surface area contributed by atoms with E-state index in [1.165, 1.54) is 5.56 Å². The van der Waals surface area contributed by atoms with Crippen LogP contribution in [0.4, 0.5) is 11.4 Å². The van der Waals surface area contributed by atoms with Crippen molar-refractivity contribution in [1.29, 1.82) is 0 Å². The molecule has 20 heavy (non-hydrogen) atoms. The maximum Gasteiger partial charge on any atom is 0.229 e. The molecule has 1 heterocycles. The summed E-state index contributed by atoms with van der Waals surface area (Å²) in [6, 6.07) is 18.3. The summed E-state index contributed by atoms with van der Waals surface area (Å²) in [6.07, 6.45) is 0. The quantitative estimate of drug-likeness (QED) is 0.904. The van der Waals surface area contributed by atoms with E-state index in [-0.39, 0.29) is 11.8 Å². The van der Waals surface area contributed by atoms with Crippen molar-refractivity contribution < 1.29 is 4.79 Å². The van der Waals surface area contributed by atoms with Crippen LogP contribution in [0.3, 0.4) is 0 Å². The molecule has 3 rings (SSSR count). The topological polar surface area (TPSA) is 32.3 Å². The number of nitrogens with zero attached hydrogens (tertiary/aromatic N) is 1. The van der Waals surface area contributed by atoms with Crippen molar-refractivity contribution in [2.45, 2.75) is 13.5 Å². The van der Waals surface area contributed by atoms with E-state index in [9.17, 15) is 4.79 Å². The number of benzene rings is 2. The number of carbonyl (C=O) groups is 1. The second kappa shape index (κ2) is 5.37. The zero-order chi connectivity index (χ0) is 13.9. The molecule has 0 spiro atoms. The lowest BCUT2D eigenvalue weighted by Gasteiger charge is -2.25. The molecule has 0 fully saturated rings. The third-order valence-electron chi connectivity index (χ3n) is 3.66. The molecule has 0 aromatic heterocycles. The minimum atomic E-state index is -0.0221. The Hall–Kier alpha value is -2.29. The Morgan fingerprint density at radius 3 is 2.60 bits per heavy atom. The van der Waals surface area contributed by atoms with Crippen LogP contribution in [0.15, 0.2) is 54.6 Å². The molecule has 1 amide bonds. The molecule has 2 aromatic rings. The third-order valence-corrected chi connectivity index (χ3v) is 3.66. The van der Waals surface area contributed by atoms with Gasteiger partial charge in [0.05, 0.1) is 17.3 Å². The van der Waals surface area contributed by atoms with Crippen molar-refractivity contribution >= 4 is 17.3 Å². The lowest BCUT2D eigenvalue weighted by Crippen LogP contribution is -2.30. The van der Waals surface area contributed by atoms with Crippen molar-refractivity contribution in [2.24, 2.45) is 5.92 Å². The number of amides is 1. The van der Waals surface area contributed by atoms with Crippen LogP contribution in [0, 0.1) is 5.92 Å². The monoisotopic (exact) mass is 266 g/mol. The average Bonchev–Trinajstić information content (AvgIpc) is 2.58. The first kappa shape index (κ1) is 12.7. The average molecular weight is 266 g/mol. The SMILES string of the molecule is C[C@H]1CN(Cc2ccccc2)c2ccccc2NC1=O. The van der Waals surface area contributed by atoms with Gasteiger partial charge in [-0.1, -0.05) is 49.4 Å². The van der Waals surface area contributed by atoms with Crippen LogP contribution in [0.2, 0.25) is 0 Å². The van der Waals surface area contributed by atoms with Gasteiger partial charge in [0.1, 0.15) is 0 Å². The summed E-state index contributed by atoms with van der Waals surface area (Å²) < 4.78 is 0. The fourth-order valence-electron chi connectivity index (χ4n) is 2.58. The lowest BCUT2D eigenvalue weighted by molar-refractivity contribution is -0.119. The molecule has 3 nitrogen and oxygen atoms in total. The van der Waals surface area contributed by atoms with Crippen LogP contribution in [0.5, 0.6) is 0 Å². The summed E-state index contributed by atoms with van der Waals surface area (Å²) in [5.41, 5.74) is 3.25. The van der Waals surface area contributed by atoms with Crippen molar-refractivity contribution in [3.05, 3.63) is 60.2 Å². The van der Waals surface area contributed by atoms with E-state index >= 15 is 0 Å². The van der Waals surface area contributed by atoms with E-state index in [2.05, 4.69) is 28.4 Å². The Morgan fingerprint density at radius 1 is 1.10 bits per heavy atom. The van der Waals surface area contributed by atoms with Gasteiger partial charge in [0.15, 0.2) is 0 Å². The number of para-hydroxylation sites is 2. The maximum absolute atomic E-state index is 12.0. The summed E-state index contributed by atoms with van der Waals surface area (Å²) in [4.78, 5) is 14.3. The van der Waals surface area contributed by atoms with Gasteiger partial charge in [-0.15, -0.1) is 0 Å². The second-order valence-corrected chi connectivity index (χ2v) is 5.27. The van der Waals surface area contributed by atoms with Gasteiger partial charge in [0.25, 0.3) is 0 Å². The summed E-state index contributed by atoms with van der Waals surface area (Å²) >= 11 is 0. The molecule has 1 atom stereocenters. The summed E-state index contributed by atoms with van der Waals surface area (Å²) in [6.45, 7) is 3.52. The molecule has 2 aromatic carbocycles. The first-order valence-electron chi connectivity index (χ1n) is 6.93. The molecule has 1 N–H and O–H groups in total. The van der Waals surface area contributed by atoms with E-state index in [1.807, 2.05) is 43.3 Å². The molecule has 1 aliphatic rings. The molecular formula is C17H18N2O. The number of nitrogens with one attached hydrogen (secondary N) is 1. The number of rotatable bonds is 2. The number of hydrogen-bond acceptors (Lipinski definition) is 2. The van der Waals surface area contributed by atoms with Crippen LogP contribution in [-0.2, 0) is 11.3 Å². The highest BCUT2D eigenvalue weighted by Crippen LogP contribution is 2.30. The Balaban J connectivity index is 1.94. The minimum Gasteiger partial charge on any atom is -0.365 e. The Bertz CT molecular complexity index is 609. The van der Waals surface area contributed by atoms with Gasteiger partial charge in [-0.3, -0.25) is 4.79 Å². The van der Waals surface area contributed by atoms with Crippen molar-refractivity contribution in [3.63, 3.8) is 0 Å². The minimum absolute atomic E-state index is 0.0221. The predicted octanol–water partition coefficient (Wildman–Crippen LogP) is 3.28. The van der Waals surface area contributed by atoms with Gasteiger partial charge in [-0.25, -0.2) is 0 Å². The van der Waals surface area contributed by atoms with E-state index in [0.29, 0.717) is 0 Å². The van der Waals surface area contributed by atoms with Crippen molar-refractivity contribution in [1.82, 2.24) is 0 Å². The normalized spacial score (nSPS) is 18.1. The van der Waals surface area contributed by atoms with Crippen molar-refractivity contribution in [2.75, 3.05) is 16.8 Å². The summed E-state index contributed by atoms with van der Waals surface area (Å²) in [5, 5.41) is 3.01. The molecule has 0 saturated heterocycles. The van der Waals surface area contributed by atoms with Crippen LogP contribution < -0.4 is 10.2 Å². The van der Waals surface area contributed by atoms with Gasteiger partial charge >= 0.3 is 0 Å². The molecule has 0 radical (unpaired) electrons. The highest BCUT2D eigenvalue weighted by molar-refractivity contribution is 5.97. The fourth-order valence-corrected chi connectivity index (χ4v) is 2.58. The smallest absolute Gasteiger partial charge is 0.229 e. The first-order valence-corrected chi connectivity index (χ1v) is 6.93. The van der Waals surface area contributed by atoms with E-state index in [4.69, 9.17) is 0 Å². The van der Waals surface area contributed by atoms with Crippen LogP contribution in [0.25, 0.3) is 0 Å². The number of carbonyl (C=O) groups excluding carboxylic acids is 1. The number of anilines is 2. The number of hydrogen-bond donors (Lipinski definition) is 1. The lowest BCUT2D eigenvalue weighted by atomic mass is 10.1. The van der Waals surface area contributed by atoms with Gasteiger partial charge < -0.3 is 10.2 Å². The molecule has 0 aliphatic carbocycles. The second-order valence-electron chi connectivity index (χ2n) is 5.27. The highest BCUT2D eigenvalue weighted by Gasteiger charge is 2.24. The molecule has 3 heteroatoms. The molecule has 0 saturated carbocycles. The van der Waals surface area contributed by atoms with Crippen LogP contribution >= 0.6 is 0 Å². The standard InChI is InChI=1S/C17H18N2O/c1-13-11-19(12-14-7-3-2-4-8-14)16-10-6-5-9-15(16)18-17(13)20/h2-10,13H,11-12H2,1H3,(H,18,20)/t13-/m0/s1. The molecular weight excluding hydrogens is 248 g/mol. The van der Waals surface area contributed by atoms with E-state index in [0.717, 1.165) is 24.5 Å². The van der Waals surface area contributed by atoms with Gasteiger partial charge in [-0.05, 0) is 17.7 Å². The van der Waals surface area contributed by atoms with E-state index in [1.54, 1.807) is 0 Å². The molecule has 1 aliphatic heterocycles. The maximum atomic E-state index is 12.0. The highest BCUT2D eigenvalue weighted by atomic mass is 16.1. The fraction of sp³-hybridized carbons (Fsp3) is 0.235. The Kier molecular flexibility index (Phi) is 3.42. The van der Waals surface area contributed by atoms with Gasteiger partial charge in [-0.2, -0.15) is 0 Å². The van der Waals surface area contributed by atoms with Crippen molar-refractivity contribution in [3.8, 4) is 0 Å². The Labute approximate surface area is 119 Å². The molecule has 102 valence electrons. The largest absolute Gasteiger partial charge is 0.365 e. The van der Waals surface area contributed by atoms with Crippen LogP contribution in [0.1, 0.15) is 12.5 Å². The number of fused-ring (bicyclic) bond motifs is 1. The third kappa shape index (κ3) is 2.52. The zero-order valence-electron chi connectivity index (χ0n) is 11.5. The predicted molar refractivity (Wildman–Crippen MR) is 81.7 cm³/mol. The molecule has 0 bridgehead atoms.